The second-order valence-electron chi connectivity index (χ2n) is 5.04. The highest BCUT2D eigenvalue weighted by Crippen LogP contribution is 2.27. The molecule has 114 valence electrons. The molecule has 0 fully saturated rings. The first-order chi connectivity index (χ1) is 11.3. The zero-order valence-electron chi connectivity index (χ0n) is 12.8. The van der Waals surface area contributed by atoms with Gasteiger partial charge in [0.15, 0.2) is 0 Å². The van der Waals surface area contributed by atoms with Crippen LogP contribution in [0.25, 0.3) is 0 Å². The van der Waals surface area contributed by atoms with Crippen molar-refractivity contribution in [2.45, 2.75) is 0 Å². The van der Waals surface area contributed by atoms with Gasteiger partial charge in [-0.1, -0.05) is 42.5 Å². The first-order valence-electron chi connectivity index (χ1n) is 7.38. The quantitative estimate of drug-likeness (QED) is 0.700. The number of carbonyl (C=O) groups is 1. The molecule has 0 unspecified atom stereocenters. The maximum atomic E-state index is 13.1. The van der Waals surface area contributed by atoms with Gasteiger partial charge in [0.05, 0.1) is 7.11 Å². The van der Waals surface area contributed by atoms with E-state index in [1.54, 1.807) is 24.1 Å². The van der Waals surface area contributed by atoms with E-state index in [0.29, 0.717) is 11.3 Å². The van der Waals surface area contributed by atoms with Crippen LogP contribution in [0.1, 0.15) is 10.4 Å². The lowest BCUT2D eigenvalue weighted by Gasteiger charge is -2.23. The van der Waals surface area contributed by atoms with Gasteiger partial charge in [-0.3, -0.25) is 9.69 Å². The molecular formula is C20H17NO2. The summed E-state index contributed by atoms with van der Waals surface area (Å²) in [4.78, 5) is 14.8. The van der Waals surface area contributed by atoms with Crippen LogP contribution in [-0.2, 0) is 0 Å². The van der Waals surface area contributed by atoms with E-state index in [1.807, 2.05) is 72.8 Å². The number of ether oxygens (including phenoxy) is 1. The smallest absolute Gasteiger partial charge is 0.262 e. The number of benzene rings is 3. The average molecular weight is 303 g/mol. The number of hydrogen-bond acceptors (Lipinski definition) is 2. The van der Waals surface area contributed by atoms with Crippen LogP contribution in [0.3, 0.4) is 0 Å². The van der Waals surface area contributed by atoms with Crippen molar-refractivity contribution >= 4 is 17.3 Å². The fourth-order valence-electron chi connectivity index (χ4n) is 2.42. The molecule has 0 aliphatic carbocycles. The van der Waals surface area contributed by atoms with Gasteiger partial charge in [-0.15, -0.1) is 0 Å². The van der Waals surface area contributed by atoms with E-state index in [-0.39, 0.29) is 5.91 Å². The fraction of sp³-hybridized carbons (Fsp3) is 0.0500. The summed E-state index contributed by atoms with van der Waals surface area (Å²) >= 11 is 0. The van der Waals surface area contributed by atoms with Crippen molar-refractivity contribution in [2.24, 2.45) is 0 Å². The number of hydrogen-bond donors (Lipinski definition) is 0. The minimum atomic E-state index is -0.0960. The Kier molecular flexibility index (Phi) is 4.39. The van der Waals surface area contributed by atoms with Gasteiger partial charge in [-0.25, -0.2) is 0 Å². The maximum absolute atomic E-state index is 13.1. The molecule has 3 aromatic carbocycles. The molecule has 1 amide bonds. The third-order valence-electron chi connectivity index (χ3n) is 3.55. The minimum absolute atomic E-state index is 0.0960. The van der Waals surface area contributed by atoms with Crippen molar-refractivity contribution in [3.05, 3.63) is 90.5 Å². The Balaban J connectivity index is 2.06. The fourth-order valence-corrected chi connectivity index (χ4v) is 2.42. The molecule has 0 aliphatic heterocycles. The number of amides is 1. The van der Waals surface area contributed by atoms with Crippen molar-refractivity contribution < 1.29 is 9.53 Å². The number of para-hydroxylation sites is 2. The molecule has 3 aromatic rings. The molecule has 0 saturated carbocycles. The third-order valence-corrected chi connectivity index (χ3v) is 3.55. The van der Waals surface area contributed by atoms with Crippen LogP contribution in [0.5, 0.6) is 5.75 Å². The molecule has 0 atom stereocenters. The van der Waals surface area contributed by atoms with Crippen LogP contribution in [0.2, 0.25) is 0 Å². The van der Waals surface area contributed by atoms with Crippen LogP contribution in [0, 0.1) is 0 Å². The van der Waals surface area contributed by atoms with Gasteiger partial charge in [-0.05, 0) is 42.5 Å². The number of carbonyl (C=O) groups excluding carboxylic acids is 1. The van der Waals surface area contributed by atoms with E-state index in [1.165, 1.54) is 0 Å². The van der Waals surface area contributed by atoms with Crippen molar-refractivity contribution in [1.82, 2.24) is 0 Å². The lowest BCUT2D eigenvalue weighted by Crippen LogP contribution is -2.25. The molecule has 0 heterocycles. The molecule has 0 spiro atoms. The van der Waals surface area contributed by atoms with Gasteiger partial charge in [0.1, 0.15) is 5.75 Å². The van der Waals surface area contributed by atoms with Gasteiger partial charge < -0.3 is 4.74 Å². The Hall–Kier alpha value is -3.07. The van der Waals surface area contributed by atoms with Crippen molar-refractivity contribution in [2.75, 3.05) is 12.0 Å². The molecule has 0 saturated heterocycles. The Bertz CT molecular complexity index is 746. The molecule has 23 heavy (non-hydrogen) atoms. The highest BCUT2D eigenvalue weighted by atomic mass is 16.5. The Morgan fingerprint density at radius 2 is 1.35 bits per heavy atom. The summed E-state index contributed by atoms with van der Waals surface area (Å²) in [5.74, 6) is 0.568. The number of nitrogens with zero attached hydrogens (tertiary/aromatic N) is 1. The van der Waals surface area contributed by atoms with E-state index in [2.05, 4.69) is 0 Å². The maximum Gasteiger partial charge on any atom is 0.262 e. The molecule has 3 heteroatoms. The average Bonchev–Trinajstić information content (AvgIpc) is 2.64. The van der Waals surface area contributed by atoms with Gasteiger partial charge in [0, 0.05) is 16.9 Å². The summed E-state index contributed by atoms with van der Waals surface area (Å²) in [6, 6.07) is 26.4. The third kappa shape index (κ3) is 3.24. The van der Waals surface area contributed by atoms with Crippen LogP contribution in [0.4, 0.5) is 11.4 Å². The first kappa shape index (κ1) is 14.9. The lowest BCUT2D eigenvalue weighted by atomic mass is 10.1. The predicted octanol–water partition coefficient (Wildman–Crippen LogP) is 4.67. The van der Waals surface area contributed by atoms with Crippen LogP contribution in [0.15, 0.2) is 84.9 Å². The Morgan fingerprint density at radius 3 is 1.87 bits per heavy atom. The van der Waals surface area contributed by atoms with E-state index in [4.69, 9.17) is 4.74 Å². The number of anilines is 2. The first-order valence-corrected chi connectivity index (χ1v) is 7.38. The van der Waals surface area contributed by atoms with E-state index in [0.717, 1.165) is 11.4 Å². The molecule has 3 nitrogen and oxygen atoms in total. The highest BCUT2D eigenvalue weighted by Gasteiger charge is 2.19. The highest BCUT2D eigenvalue weighted by molar-refractivity contribution is 6.11. The zero-order valence-corrected chi connectivity index (χ0v) is 12.8. The van der Waals surface area contributed by atoms with Crippen LogP contribution >= 0.6 is 0 Å². The van der Waals surface area contributed by atoms with Crippen molar-refractivity contribution in [3.63, 3.8) is 0 Å². The molecule has 0 bridgehead atoms. The van der Waals surface area contributed by atoms with E-state index >= 15 is 0 Å². The largest absolute Gasteiger partial charge is 0.497 e. The van der Waals surface area contributed by atoms with Crippen molar-refractivity contribution in [3.8, 4) is 5.75 Å². The summed E-state index contributed by atoms with van der Waals surface area (Å²) in [6.07, 6.45) is 0. The SMILES string of the molecule is COc1cccc(C(=O)N(c2ccccc2)c2ccccc2)c1. The summed E-state index contributed by atoms with van der Waals surface area (Å²) in [5, 5.41) is 0. The lowest BCUT2D eigenvalue weighted by molar-refractivity contribution is 0.0999. The minimum Gasteiger partial charge on any atom is -0.497 e. The summed E-state index contributed by atoms with van der Waals surface area (Å²) in [5.41, 5.74) is 2.23. The van der Waals surface area contributed by atoms with Crippen LogP contribution < -0.4 is 9.64 Å². The normalized spacial score (nSPS) is 10.1. The molecule has 3 rings (SSSR count). The monoisotopic (exact) mass is 303 g/mol. The number of methoxy groups -OCH3 is 1. The molecule has 0 N–H and O–H groups in total. The van der Waals surface area contributed by atoms with Crippen molar-refractivity contribution in [1.29, 1.82) is 0 Å². The molecule has 0 aliphatic rings. The van der Waals surface area contributed by atoms with Crippen LogP contribution in [-0.4, -0.2) is 13.0 Å². The van der Waals surface area contributed by atoms with E-state index in [9.17, 15) is 4.79 Å². The van der Waals surface area contributed by atoms with Gasteiger partial charge >= 0.3 is 0 Å². The zero-order chi connectivity index (χ0) is 16.1. The second-order valence-corrected chi connectivity index (χ2v) is 5.04. The summed E-state index contributed by atoms with van der Waals surface area (Å²) < 4.78 is 5.23. The molecular weight excluding hydrogens is 286 g/mol. The topological polar surface area (TPSA) is 29.5 Å². The predicted molar refractivity (Wildman–Crippen MR) is 92.3 cm³/mol. The molecule has 0 aromatic heterocycles. The van der Waals surface area contributed by atoms with E-state index < -0.39 is 0 Å². The Labute approximate surface area is 135 Å². The summed E-state index contributed by atoms with van der Waals surface area (Å²) in [6.45, 7) is 0. The number of rotatable bonds is 4. The standard InChI is InChI=1S/C20H17NO2/c1-23-19-14-8-9-16(15-19)20(22)21(17-10-4-2-5-11-17)18-12-6-3-7-13-18/h2-15H,1H3. The van der Waals surface area contributed by atoms with Gasteiger partial charge in [0.2, 0.25) is 0 Å². The second kappa shape index (κ2) is 6.79. The van der Waals surface area contributed by atoms with Gasteiger partial charge in [0.25, 0.3) is 5.91 Å². The summed E-state index contributed by atoms with van der Waals surface area (Å²) in [7, 11) is 1.59. The molecule has 0 radical (unpaired) electrons. The van der Waals surface area contributed by atoms with Gasteiger partial charge in [-0.2, -0.15) is 0 Å². The Morgan fingerprint density at radius 1 is 0.783 bits per heavy atom.